The highest BCUT2D eigenvalue weighted by Crippen LogP contribution is 2.28. The Morgan fingerprint density at radius 2 is 2.00 bits per heavy atom. The molecule has 0 unspecified atom stereocenters. The van der Waals surface area contributed by atoms with Crippen molar-refractivity contribution in [2.45, 2.75) is 51.7 Å². The maximum atomic E-state index is 5.89. The number of nitrogens with two attached hydrogens (primary N) is 1. The van der Waals surface area contributed by atoms with E-state index in [1.54, 1.807) is 0 Å². The molecule has 0 amide bonds. The predicted octanol–water partition coefficient (Wildman–Crippen LogP) is 2.99. The molecule has 1 saturated carbocycles. The van der Waals surface area contributed by atoms with E-state index in [1.807, 2.05) is 0 Å². The second-order valence-electron chi connectivity index (χ2n) is 5.14. The van der Waals surface area contributed by atoms with Crippen LogP contribution in [0.4, 0.5) is 0 Å². The summed E-state index contributed by atoms with van der Waals surface area (Å²) in [4.78, 5) is 0. The van der Waals surface area contributed by atoms with E-state index < -0.39 is 0 Å². The summed E-state index contributed by atoms with van der Waals surface area (Å²) in [7, 11) is 0. The number of rotatable bonds is 3. The van der Waals surface area contributed by atoms with Crippen molar-refractivity contribution >= 4 is 0 Å². The van der Waals surface area contributed by atoms with E-state index in [4.69, 9.17) is 10.5 Å². The van der Waals surface area contributed by atoms with Crippen molar-refractivity contribution in [2.24, 2.45) is 5.73 Å². The normalized spacial score (nSPS) is 24.3. The maximum absolute atomic E-state index is 5.89. The van der Waals surface area contributed by atoms with E-state index in [2.05, 4.69) is 39.0 Å². The van der Waals surface area contributed by atoms with Gasteiger partial charge < -0.3 is 10.5 Å². The molecule has 0 aliphatic heterocycles. The number of ether oxygens (including phenoxy) is 1. The quantitative estimate of drug-likeness (QED) is 0.848. The minimum Gasteiger partial charge on any atom is -0.490 e. The third kappa shape index (κ3) is 2.38. The fourth-order valence-corrected chi connectivity index (χ4v) is 2.21. The highest BCUT2D eigenvalue weighted by Gasteiger charge is 2.27. The van der Waals surface area contributed by atoms with Crippen LogP contribution in [0.3, 0.4) is 0 Å². The van der Waals surface area contributed by atoms with Crippen LogP contribution in [0.1, 0.15) is 43.7 Å². The van der Waals surface area contributed by atoms with Gasteiger partial charge in [-0.1, -0.05) is 19.9 Å². The molecule has 0 bridgehead atoms. The van der Waals surface area contributed by atoms with E-state index >= 15 is 0 Å². The predicted molar refractivity (Wildman–Crippen MR) is 66.9 cm³/mol. The Morgan fingerprint density at radius 3 is 2.56 bits per heavy atom. The molecule has 2 N–H and O–H groups in total. The Hall–Kier alpha value is -1.02. The molecule has 0 heterocycles. The molecule has 1 aliphatic carbocycles. The lowest BCUT2D eigenvalue weighted by Crippen LogP contribution is -2.43. The van der Waals surface area contributed by atoms with Crippen LogP contribution in [0.5, 0.6) is 5.75 Å². The molecule has 0 atom stereocenters. The highest BCUT2D eigenvalue weighted by molar-refractivity contribution is 5.36. The van der Waals surface area contributed by atoms with E-state index in [9.17, 15) is 0 Å². The van der Waals surface area contributed by atoms with Gasteiger partial charge in [0.25, 0.3) is 0 Å². The van der Waals surface area contributed by atoms with Gasteiger partial charge in [-0.2, -0.15) is 0 Å². The highest BCUT2D eigenvalue weighted by atomic mass is 16.5. The molecule has 2 rings (SSSR count). The van der Waals surface area contributed by atoms with E-state index in [1.165, 1.54) is 11.1 Å². The molecule has 0 aromatic heterocycles. The lowest BCUT2D eigenvalue weighted by molar-refractivity contribution is 0.101. The summed E-state index contributed by atoms with van der Waals surface area (Å²) in [6, 6.07) is 6.72. The second kappa shape index (κ2) is 4.46. The van der Waals surface area contributed by atoms with Gasteiger partial charge in [0.2, 0.25) is 0 Å². The summed E-state index contributed by atoms with van der Waals surface area (Å²) in [6.07, 6.45) is 2.31. The van der Waals surface area contributed by atoms with Crippen LogP contribution >= 0.6 is 0 Å². The van der Waals surface area contributed by atoms with E-state index in [0.29, 0.717) is 18.1 Å². The molecule has 16 heavy (non-hydrogen) atoms. The van der Waals surface area contributed by atoms with Gasteiger partial charge in [0.1, 0.15) is 11.9 Å². The van der Waals surface area contributed by atoms with Crippen LogP contribution in [-0.4, -0.2) is 12.1 Å². The Balaban J connectivity index is 2.07. The minimum absolute atomic E-state index is 0.331. The summed E-state index contributed by atoms with van der Waals surface area (Å²) >= 11 is 0. The van der Waals surface area contributed by atoms with Gasteiger partial charge in [-0.25, -0.2) is 0 Å². The van der Waals surface area contributed by atoms with Crippen molar-refractivity contribution < 1.29 is 4.74 Å². The molecule has 0 saturated heterocycles. The Labute approximate surface area is 97.8 Å². The first-order valence-corrected chi connectivity index (χ1v) is 6.09. The van der Waals surface area contributed by atoms with Crippen LogP contribution in [0.15, 0.2) is 18.2 Å². The van der Waals surface area contributed by atoms with Crippen molar-refractivity contribution in [3.8, 4) is 5.75 Å². The summed E-state index contributed by atoms with van der Waals surface area (Å²) in [5.74, 6) is 1.54. The first-order valence-electron chi connectivity index (χ1n) is 6.09. The van der Waals surface area contributed by atoms with Crippen LogP contribution in [0, 0.1) is 6.92 Å². The zero-order valence-corrected chi connectivity index (χ0v) is 10.4. The van der Waals surface area contributed by atoms with Gasteiger partial charge >= 0.3 is 0 Å². The van der Waals surface area contributed by atoms with Crippen LogP contribution in [0.25, 0.3) is 0 Å². The van der Waals surface area contributed by atoms with Gasteiger partial charge in [0, 0.05) is 6.04 Å². The van der Waals surface area contributed by atoms with Crippen LogP contribution < -0.4 is 10.5 Å². The molecule has 1 fully saturated rings. The molecule has 0 spiro atoms. The second-order valence-corrected chi connectivity index (χ2v) is 5.14. The third-order valence-corrected chi connectivity index (χ3v) is 3.31. The summed E-state index contributed by atoms with van der Waals surface area (Å²) in [5.41, 5.74) is 8.46. The maximum Gasteiger partial charge on any atom is 0.120 e. The summed E-state index contributed by atoms with van der Waals surface area (Å²) in [5, 5.41) is 0. The topological polar surface area (TPSA) is 35.2 Å². The van der Waals surface area contributed by atoms with Gasteiger partial charge in [-0.3, -0.25) is 0 Å². The van der Waals surface area contributed by atoms with Crippen molar-refractivity contribution in [3.63, 3.8) is 0 Å². The van der Waals surface area contributed by atoms with Gasteiger partial charge in [-0.15, -0.1) is 0 Å². The molecule has 0 radical (unpaired) electrons. The van der Waals surface area contributed by atoms with Crippen LogP contribution in [-0.2, 0) is 0 Å². The SMILES string of the molecule is Cc1ccc(OC2CC(N)C2)cc1C(C)C. The van der Waals surface area contributed by atoms with E-state index in [0.717, 1.165) is 18.6 Å². The lowest BCUT2D eigenvalue weighted by Gasteiger charge is -2.32. The first-order chi connectivity index (χ1) is 7.56. The van der Waals surface area contributed by atoms with Crippen molar-refractivity contribution in [2.75, 3.05) is 0 Å². The van der Waals surface area contributed by atoms with Gasteiger partial charge in [0.15, 0.2) is 0 Å². The molecule has 2 nitrogen and oxygen atoms in total. The Bertz CT molecular complexity index is 367. The average Bonchev–Trinajstić information content (AvgIpc) is 2.18. The number of benzene rings is 1. The molecule has 2 heteroatoms. The monoisotopic (exact) mass is 219 g/mol. The van der Waals surface area contributed by atoms with Crippen molar-refractivity contribution in [3.05, 3.63) is 29.3 Å². The van der Waals surface area contributed by atoms with Crippen LogP contribution in [0.2, 0.25) is 0 Å². The van der Waals surface area contributed by atoms with Gasteiger partial charge in [0.05, 0.1) is 0 Å². The average molecular weight is 219 g/mol. The standard InChI is InChI=1S/C14H21NO/c1-9(2)14-8-12(5-4-10(14)3)16-13-6-11(15)7-13/h4-5,8-9,11,13H,6-7,15H2,1-3H3. The zero-order valence-electron chi connectivity index (χ0n) is 10.4. The molecular formula is C14H21NO. The lowest BCUT2D eigenvalue weighted by atomic mass is 9.90. The molecular weight excluding hydrogens is 198 g/mol. The fraction of sp³-hybridized carbons (Fsp3) is 0.571. The number of aryl methyl sites for hydroxylation is 1. The molecule has 1 aliphatic rings. The molecule has 88 valence electrons. The van der Waals surface area contributed by atoms with Gasteiger partial charge in [-0.05, 0) is 48.9 Å². The largest absolute Gasteiger partial charge is 0.490 e. The molecule has 1 aromatic carbocycles. The summed E-state index contributed by atoms with van der Waals surface area (Å²) in [6.45, 7) is 6.58. The van der Waals surface area contributed by atoms with E-state index in [-0.39, 0.29) is 0 Å². The molecule has 1 aromatic rings. The number of hydrogen-bond acceptors (Lipinski definition) is 2. The minimum atomic E-state index is 0.331. The Kier molecular flexibility index (Phi) is 3.20. The first kappa shape index (κ1) is 11.5. The Morgan fingerprint density at radius 1 is 1.31 bits per heavy atom. The number of hydrogen-bond donors (Lipinski definition) is 1. The third-order valence-electron chi connectivity index (χ3n) is 3.31. The van der Waals surface area contributed by atoms with Crippen molar-refractivity contribution in [1.29, 1.82) is 0 Å². The van der Waals surface area contributed by atoms with Crippen molar-refractivity contribution in [1.82, 2.24) is 0 Å². The zero-order chi connectivity index (χ0) is 11.7. The smallest absolute Gasteiger partial charge is 0.120 e. The summed E-state index contributed by atoms with van der Waals surface area (Å²) < 4.78 is 5.89. The fourth-order valence-electron chi connectivity index (χ4n) is 2.21.